The molecule has 1 aromatic rings. The maximum absolute atomic E-state index is 11.2. The second-order valence-electron chi connectivity index (χ2n) is 2.90. The minimum Gasteiger partial charge on any atom is -0.447 e. The van der Waals surface area contributed by atoms with Crippen molar-refractivity contribution in [2.45, 2.75) is 6.92 Å². The third kappa shape index (κ3) is 1.63. The van der Waals surface area contributed by atoms with Crippen LogP contribution in [0.5, 0.6) is 0 Å². The van der Waals surface area contributed by atoms with Gasteiger partial charge >= 0.3 is 6.09 Å². The second-order valence-corrected chi connectivity index (χ2v) is 3.24. The summed E-state index contributed by atoms with van der Waals surface area (Å²) >= 11 is 5.68. The summed E-state index contributed by atoms with van der Waals surface area (Å²) in [4.78, 5) is 20.5. The van der Waals surface area contributed by atoms with E-state index in [0.717, 1.165) is 5.69 Å². The number of nitrogens with zero attached hydrogens (tertiary/aromatic N) is 3. The molecule has 0 unspecified atom stereocenters. The minimum atomic E-state index is -0.390. The summed E-state index contributed by atoms with van der Waals surface area (Å²) in [5, 5.41) is 0.139. The predicted molar refractivity (Wildman–Crippen MR) is 50.5 cm³/mol. The number of aromatic nitrogens is 2. The minimum absolute atomic E-state index is 0.139. The molecule has 0 saturated carbocycles. The lowest BCUT2D eigenvalue weighted by molar-refractivity contribution is 0.181. The Bertz CT molecular complexity index is 363. The molecule has 1 aliphatic heterocycles. The van der Waals surface area contributed by atoms with Gasteiger partial charge in [0.2, 0.25) is 5.28 Å². The summed E-state index contributed by atoms with van der Waals surface area (Å²) < 4.78 is 4.78. The molecule has 2 rings (SSSR count). The van der Waals surface area contributed by atoms with Crippen molar-refractivity contribution in [3.8, 4) is 0 Å². The molecule has 1 aliphatic rings. The Labute approximate surface area is 85.7 Å². The van der Waals surface area contributed by atoms with Crippen LogP contribution < -0.4 is 4.90 Å². The monoisotopic (exact) mass is 213 g/mol. The smallest absolute Gasteiger partial charge is 0.415 e. The van der Waals surface area contributed by atoms with Crippen molar-refractivity contribution in [3.05, 3.63) is 17.0 Å². The zero-order chi connectivity index (χ0) is 10.1. The molecule has 1 amide bonds. The van der Waals surface area contributed by atoms with E-state index in [1.54, 1.807) is 13.0 Å². The lowest BCUT2D eigenvalue weighted by atomic mass is 10.4. The third-order valence-electron chi connectivity index (χ3n) is 1.85. The molecule has 0 aromatic carbocycles. The van der Waals surface area contributed by atoms with E-state index in [1.807, 2.05) is 0 Å². The molecule has 0 aliphatic carbocycles. The number of anilines is 1. The van der Waals surface area contributed by atoms with Crippen molar-refractivity contribution in [2.75, 3.05) is 18.1 Å². The molecule has 14 heavy (non-hydrogen) atoms. The van der Waals surface area contributed by atoms with Crippen LogP contribution in [0, 0.1) is 6.92 Å². The Balaban J connectivity index is 2.35. The molecule has 1 saturated heterocycles. The molecular weight excluding hydrogens is 206 g/mol. The Morgan fingerprint density at radius 3 is 2.93 bits per heavy atom. The molecule has 74 valence electrons. The standard InChI is InChI=1S/C8H8ClN3O2/c1-5-4-6(11-7(9)10-5)12-2-3-14-8(12)13/h4H,2-3H2,1H3. The number of carbonyl (C=O) groups excluding carboxylic acids is 1. The fourth-order valence-electron chi connectivity index (χ4n) is 1.26. The van der Waals surface area contributed by atoms with Crippen molar-refractivity contribution in [2.24, 2.45) is 0 Å². The van der Waals surface area contributed by atoms with E-state index in [1.165, 1.54) is 4.90 Å². The summed E-state index contributed by atoms with van der Waals surface area (Å²) in [6.07, 6.45) is -0.390. The van der Waals surface area contributed by atoms with E-state index < -0.39 is 0 Å². The van der Waals surface area contributed by atoms with Crippen LogP contribution in [0.3, 0.4) is 0 Å². The lowest BCUT2D eigenvalue weighted by Gasteiger charge is -2.11. The highest BCUT2D eigenvalue weighted by Gasteiger charge is 2.25. The summed E-state index contributed by atoms with van der Waals surface area (Å²) in [6.45, 7) is 2.68. The van der Waals surface area contributed by atoms with Gasteiger partial charge in [-0.05, 0) is 18.5 Å². The number of ether oxygens (including phenoxy) is 1. The van der Waals surface area contributed by atoms with E-state index >= 15 is 0 Å². The van der Waals surface area contributed by atoms with Gasteiger partial charge in [-0.2, -0.15) is 0 Å². The van der Waals surface area contributed by atoms with Crippen LogP contribution >= 0.6 is 11.6 Å². The zero-order valence-electron chi connectivity index (χ0n) is 7.53. The van der Waals surface area contributed by atoms with Crippen LogP contribution in [-0.4, -0.2) is 29.2 Å². The van der Waals surface area contributed by atoms with E-state index in [2.05, 4.69) is 9.97 Å². The van der Waals surface area contributed by atoms with E-state index in [9.17, 15) is 4.79 Å². The van der Waals surface area contributed by atoms with Gasteiger partial charge in [0, 0.05) is 11.8 Å². The van der Waals surface area contributed by atoms with Crippen LogP contribution in [0.4, 0.5) is 10.6 Å². The number of carbonyl (C=O) groups is 1. The van der Waals surface area contributed by atoms with Gasteiger partial charge in [0.25, 0.3) is 0 Å². The average molecular weight is 214 g/mol. The van der Waals surface area contributed by atoms with Crippen LogP contribution in [0.1, 0.15) is 5.69 Å². The van der Waals surface area contributed by atoms with Crippen LogP contribution in [0.15, 0.2) is 6.07 Å². The Morgan fingerprint density at radius 2 is 2.36 bits per heavy atom. The van der Waals surface area contributed by atoms with E-state index in [4.69, 9.17) is 16.3 Å². The fraction of sp³-hybridized carbons (Fsp3) is 0.375. The average Bonchev–Trinajstić information content (AvgIpc) is 2.49. The van der Waals surface area contributed by atoms with E-state index in [0.29, 0.717) is 19.0 Å². The Morgan fingerprint density at radius 1 is 1.57 bits per heavy atom. The highest BCUT2D eigenvalue weighted by molar-refractivity contribution is 6.28. The first-order chi connectivity index (χ1) is 6.66. The van der Waals surface area contributed by atoms with Gasteiger partial charge in [-0.15, -0.1) is 0 Å². The van der Waals surface area contributed by atoms with Crippen LogP contribution in [-0.2, 0) is 4.74 Å². The van der Waals surface area contributed by atoms with Gasteiger partial charge in [-0.3, -0.25) is 4.90 Å². The van der Waals surface area contributed by atoms with Gasteiger partial charge in [-0.1, -0.05) is 0 Å². The highest BCUT2D eigenvalue weighted by atomic mass is 35.5. The molecule has 1 aromatic heterocycles. The molecule has 0 N–H and O–H groups in total. The first-order valence-corrected chi connectivity index (χ1v) is 4.50. The number of cyclic esters (lactones) is 1. The number of rotatable bonds is 1. The van der Waals surface area contributed by atoms with Crippen LogP contribution in [0.25, 0.3) is 0 Å². The highest BCUT2D eigenvalue weighted by Crippen LogP contribution is 2.18. The van der Waals surface area contributed by atoms with Crippen molar-refractivity contribution < 1.29 is 9.53 Å². The maximum atomic E-state index is 11.2. The Hall–Kier alpha value is -1.36. The number of halogens is 1. The summed E-state index contributed by atoms with van der Waals surface area (Å²) in [5.41, 5.74) is 0.722. The number of aryl methyl sites for hydroxylation is 1. The van der Waals surface area contributed by atoms with Gasteiger partial charge in [0.1, 0.15) is 12.4 Å². The summed E-state index contributed by atoms with van der Waals surface area (Å²) in [5.74, 6) is 0.491. The molecule has 6 heteroatoms. The first-order valence-electron chi connectivity index (χ1n) is 4.12. The number of hydrogen-bond acceptors (Lipinski definition) is 4. The second kappa shape index (κ2) is 3.42. The van der Waals surface area contributed by atoms with Crippen LogP contribution in [0.2, 0.25) is 5.28 Å². The quantitative estimate of drug-likeness (QED) is 0.662. The lowest BCUT2D eigenvalue weighted by Crippen LogP contribution is -2.24. The number of hydrogen-bond donors (Lipinski definition) is 0. The van der Waals surface area contributed by atoms with Gasteiger partial charge in [-0.25, -0.2) is 14.8 Å². The largest absolute Gasteiger partial charge is 0.447 e. The molecule has 1 fully saturated rings. The molecule has 0 bridgehead atoms. The van der Waals surface area contributed by atoms with Crippen molar-refractivity contribution in [1.82, 2.24) is 9.97 Å². The normalized spacial score (nSPS) is 15.9. The molecular formula is C8H8ClN3O2. The fourth-order valence-corrected chi connectivity index (χ4v) is 1.48. The molecule has 0 spiro atoms. The van der Waals surface area contributed by atoms with E-state index in [-0.39, 0.29) is 11.4 Å². The third-order valence-corrected chi connectivity index (χ3v) is 2.02. The molecule has 5 nitrogen and oxygen atoms in total. The molecule has 0 atom stereocenters. The van der Waals surface area contributed by atoms with Gasteiger partial charge in [0.15, 0.2) is 0 Å². The Kier molecular flexibility index (Phi) is 2.25. The number of amides is 1. The SMILES string of the molecule is Cc1cc(N2CCOC2=O)nc(Cl)n1. The van der Waals surface area contributed by atoms with Crippen molar-refractivity contribution >= 4 is 23.5 Å². The maximum Gasteiger partial charge on any atom is 0.415 e. The zero-order valence-corrected chi connectivity index (χ0v) is 8.28. The van der Waals surface area contributed by atoms with Gasteiger partial charge in [0.05, 0.1) is 6.54 Å². The molecule has 0 radical (unpaired) electrons. The van der Waals surface area contributed by atoms with Gasteiger partial charge < -0.3 is 4.74 Å². The topological polar surface area (TPSA) is 55.3 Å². The predicted octanol–water partition coefficient (Wildman–Crippen LogP) is 1.40. The summed E-state index contributed by atoms with van der Waals surface area (Å²) in [7, 11) is 0. The van der Waals surface area contributed by atoms with Crippen molar-refractivity contribution in [1.29, 1.82) is 0 Å². The van der Waals surface area contributed by atoms with Crippen molar-refractivity contribution in [3.63, 3.8) is 0 Å². The molecule has 2 heterocycles. The first kappa shape index (κ1) is 9.21. The summed E-state index contributed by atoms with van der Waals surface area (Å²) in [6, 6.07) is 1.69.